The average molecular weight is 306 g/mol. The molecule has 22 heavy (non-hydrogen) atoms. The van der Waals surface area contributed by atoms with Crippen molar-refractivity contribution in [2.75, 3.05) is 13.1 Å². The van der Waals surface area contributed by atoms with Gasteiger partial charge >= 0.3 is 0 Å². The van der Waals surface area contributed by atoms with Gasteiger partial charge in [-0.1, -0.05) is 76.8 Å². The molecule has 0 aliphatic carbocycles. The molecular formula is C20H35NO. The zero-order valence-electron chi connectivity index (χ0n) is 14.8. The lowest BCUT2D eigenvalue weighted by Crippen LogP contribution is -2.41. The molecule has 1 N–H and O–H groups in total. The predicted molar refractivity (Wildman–Crippen MR) is 96.1 cm³/mol. The zero-order chi connectivity index (χ0) is 16.2. The van der Waals surface area contributed by atoms with Crippen molar-refractivity contribution in [2.24, 2.45) is 0 Å². The summed E-state index contributed by atoms with van der Waals surface area (Å²) in [4.78, 5) is 2.54. The first-order valence-electron chi connectivity index (χ1n) is 9.21. The first kappa shape index (κ1) is 19.2. The monoisotopic (exact) mass is 305 g/mol. The van der Waals surface area contributed by atoms with E-state index in [0.29, 0.717) is 0 Å². The Labute approximate surface area is 137 Å². The summed E-state index contributed by atoms with van der Waals surface area (Å²) in [6.07, 6.45) is 7.94. The van der Waals surface area contributed by atoms with E-state index in [1.54, 1.807) is 0 Å². The van der Waals surface area contributed by atoms with Gasteiger partial charge in [0.25, 0.3) is 0 Å². The molecule has 1 aromatic carbocycles. The molecule has 0 aliphatic rings. The Balaban J connectivity index is 2.85. The van der Waals surface area contributed by atoms with Gasteiger partial charge in [0.1, 0.15) is 0 Å². The highest BCUT2D eigenvalue weighted by molar-refractivity contribution is 5.19. The van der Waals surface area contributed by atoms with Crippen molar-refractivity contribution in [2.45, 2.75) is 77.9 Å². The number of nitrogens with zero attached hydrogens (tertiary/aromatic N) is 1. The van der Waals surface area contributed by atoms with Gasteiger partial charge < -0.3 is 5.11 Å². The van der Waals surface area contributed by atoms with Crippen LogP contribution >= 0.6 is 0 Å². The van der Waals surface area contributed by atoms with Crippen LogP contribution in [0.4, 0.5) is 0 Å². The number of rotatable bonds is 12. The lowest BCUT2D eigenvalue weighted by atomic mass is 9.95. The number of unbranched alkanes of at least 4 members (excludes halogenated alkanes) is 3. The van der Waals surface area contributed by atoms with Crippen molar-refractivity contribution >= 4 is 0 Å². The summed E-state index contributed by atoms with van der Waals surface area (Å²) in [6.45, 7) is 8.93. The highest BCUT2D eigenvalue weighted by atomic mass is 16.3. The van der Waals surface area contributed by atoms with Gasteiger partial charge in [-0.15, -0.1) is 0 Å². The van der Waals surface area contributed by atoms with Crippen LogP contribution in [0.3, 0.4) is 0 Å². The van der Waals surface area contributed by atoms with Crippen LogP contribution in [0.5, 0.6) is 0 Å². The molecule has 126 valence electrons. The van der Waals surface area contributed by atoms with Gasteiger partial charge in [0.15, 0.2) is 0 Å². The first-order chi connectivity index (χ1) is 10.7. The molecule has 1 rings (SSSR count). The fourth-order valence-corrected chi connectivity index (χ4v) is 2.99. The summed E-state index contributed by atoms with van der Waals surface area (Å²) in [6, 6.07) is 10.4. The molecular weight excluding hydrogens is 270 g/mol. The molecule has 0 spiro atoms. The van der Waals surface area contributed by atoms with Crippen molar-refractivity contribution in [3.63, 3.8) is 0 Å². The van der Waals surface area contributed by atoms with Crippen LogP contribution in [0, 0.1) is 0 Å². The van der Waals surface area contributed by atoms with Gasteiger partial charge in [-0.25, -0.2) is 0 Å². The summed E-state index contributed by atoms with van der Waals surface area (Å²) in [5, 5.41) is 10.9. The Bertz CT molecular complexity index is 357. The molecule has 0 amide bonds. The largest absolute Gasteiger partial charge is 0.387 e. The molecule has 0 aliphatic heterocycles. The smallest absolute Gasteiger partial charge is 0.0945 e. The Hall–Kier alpha value is -0.860. The molecule has 0 radical (unpaired) electrons. The van der Waals surface area contributed by atoms with E-state index in [9.17, 15) is 5.11 Å². The molecule has 0 fully saturated rings. The van der Waals surface area contributed by atoms with Gasteiger partial charge in [0, 0.05) is 6.04 Å². The molecule has 0 saturated heterocycles. The van der Waals surface area contributed by atoms with E-state index in [2.05, 4.69) is 37.8 Å². The lowest BCUT2D eigenvalue weighted by molar-refractivity contribution is 0.0399. The minimum atomic E-state index is -0.374. The van der Waals surface area contributed by atoms with Gasteiger partial charge in [-0.2, -0.15) is 0 Å². The number of benzene rings is 1. The Morgan fingerprint density at radius 2 is 1.41 bits per heavy atom. The second kappa shape index (κ2) is 11.7. The van der Waals surface area contributed by atoms with Crippen LogP contribution in [0.25, 0.3) is 0 Å². The van der Waals surface area contributed by atoms with Gasteiger partial charge in [-0.05, 0) is 37.9 Å². The van der Waals surface area contributed by atoms with E-state index < -0.39 is 0 Å². The maximum Gasteiger partial charge on any atom is 0.0945 e. The zero-order valence-corrected chi connectivity index (χ0v) is 14.8. The highest BCUT2D eigenvalue weighted by Crippen LogP contribution is 2.26. The third-order valence-corrected chi connectivity index (χ3v) is 4.43. The van der Waals surface area contributed by atoms with Crippen LogP contribution in [0.2, 0.25) is 0 Å². The van der Waals surface area contributed by atoms with E-state index in [1.807, 2.05) is 18.2 Å². The van der Waals surface area contributed by atoms with E-state index in [-0.39, 0.29) is 12.1 Å². The average Bonchev–Trinajstić information content (AvgIpc) is 2.57. The van der Waals surface area contributed by atoms with E-state index in [4.69, 9.17) is 0 Å². The third-order valence-electron chi connectivity index (χ3n) is 4.43. The van der Waals surface area contributed by atoms with Gasteiger partial charge in [0.2, 0.25) is 0 Å². The highest BCUT2D eigenvalue weighted by Gasteiger charge is 2.26. The summed E-state index contributed by atoms with van der Waals surface area (Å²) >= 11 is 0. The number of aliphatic hydroxyl groups is 1. The summed E-state index contributed by atoms with van der Waals surface area (Å²) in [5.74, 6) is 0. The third kappa shape index (κ3) is 6.50. The van der Waals surface area contributed by atoms with Crippen molar-refractivity contribution in [3.05, 3.63) is 35.9 Å². The normalized spacial score (nSPS) is 14.2. The maximum absolute atomic E-state index is 10.9. The van der Waals surface area contributed by atoms with Crippen molar-refractivity contribution in [3.8, 4) is 0 Å². The van der Waals surface area contributed by atoms with E-state index >= 15 is 0 Å². The molecule has 2 heteroatoms. The molecule has 0 heterocycles. The SMILES string of the molecule is CCCC[C@H]([C@H](O)c1ccccc1)N(CCCC)CCCC. The Kier molecular flexibility index (Phi) is 10.2. The van der Waals surface area contributed by atoms with Gasteiger partial charge in [-0.3, -0.25) is 4.90 Å². The van der Waals surface area contributed by atoms with Crippen LogP contribution in [0.1, 0.15) is 77.4 Å². The second-order valence-electron chi connectivity index (χ2n) is 6.31. The minimum Gasteiger partial charge on any atom is -0.387 e. The van der Waals surface area contributed by atoms with Crippen molar-refractivity contribution < 1.29 is 5.11 Å². The first-order valence-corrected chi connectivity index (χ1v) is 9.21. The van der Waals surface area contributed by atoms with Crippen LogP contribution in [-0.4, -0.2) is 29.1 Å². The molecule has 2 atom stereocenters. The van der Waals surface area contributed by atoms with E-state index in [0.717, 1.165) is 25.1 Å². The number of hydrogen-bond donors (Lipinski definition) is 1. The number of hydrogen-bond acceptors (Lipinski definition) is 2. The molecule has 0 unspecified atom stereocenters. The predicted octanol–water partition coefficient (Wildman–Crippen LogP) is 5.18. The Morgan fingerprint density at radius 3 is 1.91 bits per heavy atom. The minimum absolute atomic E-state index is 0.250. The molecule has 0 bridgehead atoms. The molecule has 2 nitrogen and oxygen atoms in total. The number of aliphatic hydroxyl groups excluding tert-OH is 1. The standard InChI is InChI=1S/C20H35NO/c1-4-7-15-19(20(22)18-13-11-10-12-14-18)21(16-8-5-2)17-9-6-3/h10-14,19-20,22H,4-9,15-17H2,1-3H3/t19-,20-/m1/s1. The van der Waals surface area contributed by atoms with Crippen molar-refractivity contribution in [1.82, 2.24) is 4.90 Å². The van der Waals surface area contributed by atoms with E-state index in [1.165, 1.54) is 38.5 Å². The fraction of sp³-hybridized carbons (Fsp3) is 0.700. The second-order valence-corrected chi connectivity index (χ2v) is 6.31. The van der Waals surface area contributed by atoms with Crippen LogP contribution in [0.15, 0.2) is 30.3 Å². The molecule has 0 aromatic heterocycles. The Morgan fingerprint density at radius 1 is 0.864 bits per heavy atom. The van der Waals surface area contributed by atoms with Crippen LogP contribution < -0.4 is 0 Å². The van der Waals surface area contributed by atoms with Crippen LogP contribution in [-0.2, 0) is 0 Å². The molecule has 0 saturated carbocycles. The maximum atomic E-state index is 10.9. The summed E-state index contributed by atoms with van der Waals surface area (Å²) in [7, 11) is 0. The topological polar surface area (TPSA) is 23.5 Å². The quantitative estimate of drug-likeness (QED) is 0.575. The molecule has 1 aromatic rings. The summed E-state index contributed by atoms with van der Waals surface area (Å²) < 4.78 is 0. The summed E-state index contributed by atoms with van der Waals surface area (Å²) in [5.41, 5.74) is 1.06. The van der Waals surface area contributed by atoms with Gasteiger partial charge in [0.05, 0.1) is 6.10 Å². The lowest BCUT2D eigenvalue weighted by Gasteiger charge is -2.35. The van der Waals surface area contributed by atoms with Crippen molar-refractivity contribution in [1.29, 1.82) is 0 Å². The fourth-order valence-electron chi connectivity index (χ4n) is 2.99.